The Balaban J connectivity index is 2.08. The lowest BCUT2D eigenvalue weighted by atomic mass is 10.2. The first kappa shape index (κ1) is 18.3. The summed E-state index contributed by atoms with van der Waals surface area (Å²) in [6.07, 6.45) is 1.46. The minimum absolute atomic E-state index is 0.00361. The Bertz CT molecular complexity index is 779. The van der Waals surface area contributed by atoms with E-state index < -0.39 is 5.91 Å². The molecule has 1 aromatic carbocycles. The average Bonchev–Trinajstić information content (AvgIpc) is 2.58. The highest BCUT2D eigenvalue weighted by Gasteiger charge is 2.19. The van der Waals surface area contributed by atoms with Gasteiger partial charge >= 0.3 is 0 Å². The Labute approximate surface area is 153 Å². The van der Waals surface area contributed by atoms with Crippen LogP contribution in [0.4, 0.5) is 5.69 Å². The molecule has 0 atom stereocenters. The van der Waals surface area contributed by atoms with Crippen LogP contribution in [-0.4, -0.2) is 23.7 Å². The van der Waals surface area contributed by atoms with Gasteiger partial charge in [-0.05, 0) is 36.8 Å². The van der Waals surface area contributed by atoms with E-state index in [-0.39, 0.29) is 26.6 Å². The van der Waals surface area contributed by atoms with Crippen molar-refractivity contribution >= 4 is 52.6 Å². The Kier molecular flexibility index (Phi) is 6.25. The second kappa shape index (κ2) is 8.19. The highest BCUT2D eigenvalue weighted by Crippen LogP contribution is 2.34. The zero-order valence-corrected chi connectivity index (χ0v) is 14.8. The van der Waals surface area contributed by atoms with E-state index in [0.29, 0.717) is 6.61 Å². The molecule has 2 aromatic rings. The number of nitrogens with one attached hydrogen (secondary N) is 1. The molecule has 0 aliphatic rings. The summed E-state index contributed by atoms with van der Waals surface area (Å²) in [4.78, 5) is 15.9. The number of benzene rings is 1. The third-order valence-corrected chi connectivity index (χ3v) is 3.99. The van der Waals surface area contributed by atoms with Gasteiger partial charge in [0.1, 0.15) is 10.8 Å². The number of aromatic nitrogens is 1. The number of halogens is 3. The van der Waals surface area contributed by atoms with Crippen LogP contribution < -0.4 is 15.9 Å². The number of carbonyl (C=O) groups is 1. The molecule has 2 rings (SSSR count). The molecule has 3 N–H and O–H groups in total. The molecular formula is C15H13Cl3N4O2. The number of pyridine rings is 1. The summed E-state index contributed by atoms with van der Waals surface area (Å²) in [5.41, 5.74) is 8.55. The predicted octanol–water partition coefficient (Wildman–Crippen LogP) is 3.79. The molecule has 0 aliphatic carbocycles. The summed E-state index contributed by atoms with van der Waals surface area (Å²) in [5.74, 6) is 0.0911. The number of anilines is 1. The van der Waals surface area contributed by atoms with E-state index in [4.69, 9.17) is 45.3 Å². The fourth-order valence-corrected chi connectivity index (χ4v) is 2.31. The molecule has 24 heavy (non-hydrogen) atoms. The van der Waals surface area contributed by atoms with E-state index in [2.05, 4.69) is 15.5 Å². The third kappa shape index (κ3) is 4.29. The van der Waals surface area contributed by atoms with E-state index in [0.717, 1.165) is 11.3 Å². The molecule has 6 nitrogen and oxygen atoms in total. The quantitative estimate of drug-likeness (QED) is 0.464. The molecule has 0 aliphatic heterocycles. The van der Waals surface area contributed by atoms with Gasteiger partial charge in [0.05, 0.1) is 23.5 Å². The van der Waals surface area contributed by atoms with Crippen LogP contribution in [0.25, 0.3) is 0 Å². The summed E-state index contributed by atoms with van der Waals surface area (Å²) >= 11 is 17.5. The summed E-state index contributed by atoms with van der Waals surface area (Å²) in [5, 5.41) is 3.64. The van der Waals surface area contributed by atoms with Gasteiger partial charge in [-0.25, -0.2) is 10.4 Å². The van der Waals surface area contributed by atoms with Gasteiger partial charge in [0.2, 0.25) is 0 Å². The van der Waals surface area contributed by atoms with Crippen LogP contribution in [0.3, 0.4) is 0 Å². The van der Waals surface area contributed by atoms with E-state index in [1.54, 1.807) is 24.3 Å². The first-order valence-corrected chi connectivity index (χ1v) is 7.93. The van der Waals surface area contributed by atoms with Crippen LogP contribution in [0.5, 0.6) is 5.75 Å². The maximum atomic E-state index is 12.1. The number of carbonyl (C=O) groups excluding carboxylic acids is 1. The van der Waals surface area contributed by atoms with Crippen LogP contribution >= 0.6 is 34.8 Å². The maximum absolute atomic E-state index is 12.1. The molecule has 0 unspecified atom stereocenters. The number of hydrogen-bond acceptors (Lipinski definition) is 5. The molecule has 0 spiro atoms. The van der Waals surface area contributed by atoms with Crippen molar-refractivity contribution < 1.29 is 9.53 Å². The predicted molar refractivity (Wildman–Crippen MR) is 96.4 cm³/mol. The van der Waals surface area contributed by atoms with E-state index >= 15 is 0 Å². The topological polar surface area (TPSA) is 89.6 Å². The SMILES string of the molecule is CCOc1ccc(C=NNC(=O)c2nc(Cl)c(Cl)c(N)c2Cl)cc1. The van der Waals surface area contributed by atoms with Crippen LogP contribution in [0.15, 0.2) is 29.4 Å². The largest absolute Gasteiger partial charge is 0.494 e. The molecule has 0 saturated heterocycles. The van der Waals surface area contributed by atoms with Crippen molar-refractivity contribution in [2.24, 2.45) is 5.10 Å². The average molecular weight is 388 g/mol. The standard InChI is InChI=1S/C15H13Cl3N4O2/c1-2-24-9-5-3-8(4-6-9)7-20-22-15(23)13-10(16)12(19)11(17)14(18)21-13/h3-7H,2H2,1H3,(H2,19,21)(H,22,23). The molecular weight excluding hydrogens is 375 g/mol. The molecule has 126 valence electrons. The number of amides is 1. The molecule has 0 bridgehead atoms. The lowest BCUT2D eigenvalue weighted by molar-refractivity contribution is 0.0950. The van der Waals surface area contributed by atoms with E-state index in [9.17, 15) is 4.79 Å². The number of nitrogens with zero attached hydrogens (tertiary/aromatic N) is 2. The highest BCUT2D eigenvalue weighted by atomic mass is 35.5. The molecule has 1 heterocycles. The molecule has 1 aromatic heterocycles. The van der Waals surface area contributed by atoms with Gasteiger partial charge in [0.15, 0.2) is 10.8 Å². The zero-order valence-electron chi connectivity index (χ0n) is 12.5. The van der Waals surface area contributed by atoms with Gasteiger partial charge in [-0.1, -0.05) is 34.8 Å². The van der Waals surface area contributed by atoms with Crippen molar-refractivity contribution in [2.45, 2.75) is 6.92 Å². The van der Waals surface area contributed by atoms with Crippen LogP contribution in [0.2, 0.25) is 15.2 Å². The van der Waals surface area contributed by atoms with Crippen molar-refractivity contribution in [3.8, 4) is 5.75 Å². The number of ether oxygens (including phenoxy) is 1. The molecule has 0 radical (unpaired) electrons. The highest BCUT2D eigenvalue weighted by molar-refractivity contribution is 6.46. The van der Waals surface area contributed by atoms with E-state index in [1.165, 1.54) is 6.21 Å². The van der Waals surface area contributed by atoms with Crippen molar-refractivity contribution in [1.29, 1.82) is 0 Å². The fraction of sp³-hybridized carbons (Fsp3) is 0.133. The number of nitrogen functional groups attached to an aromatic ring is 1. The summed E-state index contributed by atoms with van der Waals surface area (Å²) in [6.45, 7) is 2.49. The Morgan fingerprint density at radius 2 is 1.96 bits per heavy atom. The van der Waals surface area contributed by atoms with Crippen molar-refractivity contribution in [1.82, 2.24) is 10.4 Å². The molecule has 1 amide bonds. The van der Waals surface area contributed by atoms with Gasteiger partial charge in [-0.2, -0.15) is 5.10 Å². The Hall–Kier alpha value is -2.02. The van der Waals surface area contributed by atoms with Crippen molar-refractivity contribution in [3.63, 3.8) is 0 Å². The van der Waals surface area contributed by atoms with Crippen molar-refractivity contribution in [3.05, 3.63) is 50.7 Å². The van der Waals surface area contributed by atoms with Crippen LogP contribution in [-0.2, 0) is 0 Å². The Morgan fingerprint density at radius 1 is 1.29 bits per heavy atom. The first-order valence-electron chi connectivity index (χ1n) is 6.80. The molecule has 0 saturated carbocycles. The molecule has 9 heteroatoms. The lowest BCUT2D eigenvalue weighted by Gasteiger charge is -2.07. The van der Waals surface area contributed by atoms with Gasteiger partial charge in [-0.3, -0.25) is 4.79 Å². The minimum atomic E-state index is -0.660. The Morgan fingerprint density at radius 3 is 2.58 bits per heavy atom. The van der Waals surface area contributed by atoms with Crippen molar-refractivity contribution in [2.75, 3.05) is 12.3 Å². The normalized spacial score (nSPS) is 10.8. The summed E-state index contributed by atoms with van der Waals surface area (Å²) < 4.78 is 5.33. The van der Waals surface area contributed by atoms with Gasteiger partial charge in [0.25, 0.3) is 5.91 Å². The summed E-state index contributed by atoms with van der Waals surface area (Å²) in [6, 6.07) is 7.18. The smallest absolute Gasteiger partial charge is 0.291 e. The lowest BCUT2D eigenvalue weighted by Crippen LogP contribution is -2.20. The fourth-order valence-electron chi connectivity index (χ4n) is 1.72. The van der Waals surface area contributed by atoms with Crippen LogP contribution in [0, 0.1) is 0 Å². The molecule has 0 fully saturated rings. The first-order chi connectivity index (χ1) is 11.4. The number of hydrogen-bond donors (Lipinski definition) is 2. The summed E-state index contributed by atoms with van der Waals surface area (Å²) in [7, 11) is 0. The monoisotopic (exact) mass is 386 g/mol. The van der Waals surface area contributed by atoms with Crippen LogP contribution in [0.1, 0.15) is 23.0 Å². The second-order valence-corrected chi connectivity index (χ2v) is 5.61. The van der Waals surface area contributed by atoms with Gasteiger partial charge in [-0.15, -0.1) is 0 Å². The number of nitrogens with two attached hydrogens (primary N) is 1. The minimum Gasteiger partial charge on any atom is -0.494 e. The maximum Gasteiger partial charge on any atom is 0.291 e. The van der Waals surface area contributed by atoms with Gasteiger partial charge < -0.3 is 10.5 Å². The van der Waals surface area contributed by atoms with Gasteiger partial charge in [0, 0.05) is 0 Å². The number of rotatable bonds is 5. The third-order valence-electron chi connectivity index (χ3n) is 2.86. The second-order valence-electron chi connectivity index (χ2n) is 4.49. The number of hydrazone groups is 1. The zero-order chi connectivity index (χ0) is 17.7. The van der Waals surface area contributed by atoms with E-state index in [1.807, 2.05) is 6.92 Å².